The molecule has 0 saturated carbocycles. The Kier molecular flexibility index (Phi) is 6.32. The Morgan fingerprint density at radius 1 is 1.03 bits per heavy atom. The van der Waals surface area contributed by atoms with Gasteiger partial charge in [-0.3, -0.25) is 9.69 Å². The van der Waals surface area contributed by atoms with Gasteiger partial charge < -0.3 is 14.2 Å². The minimum Gasteiger partial charge on any atom is -0.478 e. The van der Waals surface area contributed by atoms with Gasteiger partial charge in [-0.15, -0.1) is 0 Å². The van der Waals surface area contributed by atoms with Crippen molar-refractivity contribution in [1.29, 1.82) is 0 Å². The molecule has 0 bridgehead atoms. The molecule has 0 radical (unpaired) electrons. The molecule has 31 heavy (non-hydrogen) atoms. The summed E-state index contributed by atoms with van der Waals surface area (Å²) in [6.07, 6.45) is 3.02. The number of hydrogen-bond acceptors (Lipinski definition) is 4. The van der Waals surface area contributed by atoms with Gasteiger partial charge in [0.05, 0.1) is 6.04 Å². The SMILES string of the molecule is C[C@H](Oc1ccccc1F)C(=O)N1CCN([C@H](c2ccccc2)c2nccn2C)CC1. The van der Waals surface area contributed by atoms with E-state index < -0.39 is 11.9 Å². The van der Waals surface area contributed by atoms with E-state index in [0.717, 1.165) is 5.82 Å². The Labute approximate surface area is 181 Å². The number of piperazine rings is 1. The number of nitrogens with zero attached hydrogens (tertiary/aromatic N) is 4. The molecule has 4 rings (SSSR count). The molecule has 1 amide bonds. The van der Waals surface area contributed by atoms with Gasteiger partial charge in [0.25, 0.3) is 5.91 Å². The van der Waals surface area contributed by atoms with E-state index in [1.165, 1.54) is 17.7 Å². The Morgan fingerprint density at radius 2 is 1.71 bits per heavy atom. The van der Waals surface area contributed by atoms with Crippen LogP contribution in [0, 0.1) is 5.82 Å². The van der Waals surface area contributed by atoms with Crippen LogP contribution in [0.3, 0.4) is 0 Å². The summed E-state index contributed by atoms with van der Waals surface area (Å²) in [5, 5.41) is 0. The average Bonchev–Trinajstić information content (AvgIpc) is 3.21. The van der Waals surface area contributed by atoms with Crippen LogP contribution < -0.4 is 4.74 Å². The van der Waals surface area contributed by atoms with Gasteiger partial charge in [-0.1, -0.05) is 42.5 Å². The van der Waals surface area contributed by atoms with Crippen molar-refractivity contribution in [3.05, 3.63) is 84.2 Å². The van der Waals surface area contributed by atoms with Gasteiger partial charge in [0.1, 0.15) is 5.82 Å². The van der Waals surface area contributed by atoms with Gasteiger partial charge in [-0.05, 0) is 24.6 Å². The Bertz CT molecular complexity index is 1020. The summed E-state index contributed by atoms with van der Waals surface area (Å²) in [4.78, 5) is 21.6. The molecule has 1 aliphatic rings. The highest BCUT2D eigenvalue weighted by molar-refractivity contribution is 5.81. The van der Waals surface area contributed by atoms with Crippen molar-refractivity contribution in [2.24, 2.45) is 7.05 Å². The summed E-state index contributed by atoms with van der Waals surface area (Å²) in [5.41, 5.74) is 1.17. The van der Waals surface area contributed by atoms with E-state index in [9.17, 15) is 9.18 Å². The van der Waals surface area contributed by atoms with Crippen molar-refractivity contribution in [2.75, 3.05) is 26.2 Å². The first-order valence-electron chi connectivity index (χ1n) is 10.5. The number of imidazole rings is 1. The maximum Gasteiger partial charge on any atom is 0.263 e. The fourth-order valence-electron chi connectivity index (χ4n) is 4.04. The summed E-state index contributed by atoms with van der Waals surface area (Å²) in [6.45, 7) is 4.26. The fraction of sp³-hybridized carbons (Fsp3) is 0.333. The average molecular weight is 423 g/mol. The molecular weight excluding hydrogens is 395 g/mol. The van der Waals surface area contributed by atoms with Crippen molar-refractivity contribution in [1.82, 2.24) is 19.4 Å². The molecule has 1 aliphatic heterocycles. The van der Waals surface area contributed by atoms with Gasteiger partial charge >= 0.3 is 0 Å². The molecule has 2 aromatic carbocycles. The summed E-state index contributed by atoms with van der Waals surface area (Å²) in [6, 6.07) is 16.5. The van der Waals surface area contributed by atoms with Gasteiger partial charge in [0.2, 0.25) is 0 Å². The highest BCUT2D eigenvalue weighted by Crippen LogP contribution is 2.28. The van der Waals surface area contributed by atoms with Crippen LogP contribution in [0.1, 0.15) is 24.4 Å². The van der Waals surface area contributed by atoms with E-state index >= 15 is 0 Å². The van der Waals surface area contributed by atoms with Crippen LogP contribution in [0.4, 0.5) is 4.39 Å². The van der Waals surface area contributed by atoms with E-state index in [1.807, 2.05) is 42.2 Å². The van der Waals surface area contributed by atoms with Crippen LogP contribution in [-0.2, 0) is 11.8 Å². The standard InChI is InChI=1S/C24H27FN4O2/c1-18(31-21-11-7-6-10-20(21)25)24(30)29-16-14-28(15-17-29)22(19-8-4-3-5-9-19)23-26-12-13-27(23)2/h3-13,18,22H,14-17H2,1-2H3/t18-,22+/m0/s1. The fourth-order valence-corrected chi connectivity index (χ4v) is 4.04. The maximum absolute atomic E-state index is 13.9. The number of halogens is 1. The number of hydrogen-bond donors (Lipinski definition) is 0. The van der Waals surface area contributed by atoms with Gasteiger partial charge in [-0.2, -0.15) is 0 Å². The lowest BCUT2D eigenvalue weighted by Crippen LogP contribution is -2.52. The maximum atomic E-state index is 13.9. The van der Waals surface area contributed by atoms with Crippen LogP contribution in [0.15, 0.2) is 67.0 Å². The highest BCUT2D eigenvalue weighted by atomic mass is 19.1. The first-order chi connectivity index (χ1) is 15.0. The first kappa shape index (κ1) is 21.1. The molecule has 1 aromatic heterocycles. The lowest BCUT2D eigenvalue weighted by atomic mass is 10.0. The number of benzene rings is 2. The number of ether oxygens (including phenoxy) is 1. The van der Waals surface area contributed by atoms with E-state index in [2.05, 4.69) is 22.0 Å². The molecule has 2 atom stereocenters. The predicted octanol–water partition coefficient (Wildman–Crippen LogP) is 3.26. The minimum absolute atomic E-state index is 0.0190. The number of para-hydroxylation sites is 1. The lowest BCUT2D eigenvalue weighted by molar-refractivity contribution is -0.140. The molecule has 3 aromatic rings. The predicted molar refractivity (Wildman–Crippen MR) is 116 cm³/mol. The minimum atomic E-state index is -0.747. The molecule has 0 N–H and O–H groups in total. The molecular formula is C24H27FN4O2. The first-order valence-corrected chi connectivity index (χ1v) is 10.5. The molecule has 0 unspecified atom stereocenters. The Morgan fingerprint density at radius 3 is 2.35 bits per heavy atom. The van der Waals surface area contributed by atoms with Crippen molar-refractivity contribution in [3.8, 4) is 5.75 Å². The Hall–Kier alpha value is -3.19. The molecule has 7 heteroatoms. The van der Waals surface area contributed by atoms with E-state index in [-0.39, 0.29) is 17.7 Å². The van der Waals surface area contributed by atoms with Crippen molar-refractivity contribution in [3.63, 3.8) is 0 Å². The van der Waals surface area contributed by atoms with Crippen LogP contribution in [0.5, 0.6) is 5.75 Å². The second kappa shape index (κ2) is 9.31. The normalized spacial score (nSPS) is 16.7. The molecule has 162 valence electrons. The number of aromatic nitrogens is 2. The third-order valence-corrected chi connectivity index (χ3v) is 5.70. The molecule has 6 nitrogen and oxygen atoms in total. The van der Waals surface area contributed by atoms with Crippen LogP contribution >= 0.6 is 0 Å². The van der Waals surface area contributed by atoms with Crippen LogP contribution in [0.25, 0.3) is 0 Å². The lowest BCUT2D eigenvalue weighted by Gasteiger charge is -2.39. The van der Waals surface area contributed by atoms with Crippen molar-refractivity contribution < 1.29 is 13.9 Å². The quantitative estimate of drug-likeness (QED) is 0.612. The van der Waals surface area contributed by atoms with Crippen molar-refractivity contribution in [2.45, 2.75) is 19.1 Å². The van der Waals surface area contributed by atoms with Crippen molar-refractivity contribution >= 4 is 5.91 Å². The zero-order valence-electron chi connectivity index (χ0n) is 17.8. The molecule has 2 heterocycles. The molecule has 0 aliphatic carbocycles. The number of carbonyl (C=O) groups is 1. The third-order valence-electron chi connectivity index (χ3n) is 5.70. The topological polar surface area (TPSA) is 50.6 Å². The van der Waals surface area contributed by atoms with E-state index in [1.54, 1.807) is 24.0 Å². The number of amides is 1. The Balaban J connectivity index is 1.43. The zero-order chi connectivity index (χ0) is 21.8. The third kappa shape index (κ3) is 4.61. The molecule has 1 fully saturated rings. The smallest absolute Gasteiger partial charge is 0.263 e. The number of aryl methyl sites for hydroxylation is 1. The van der Waals surface area contributed by atoms with E-state index in [0.29, 0.717) is 26.2 Å². The highest BCUT2D eigenvalue weighted by Gasteiger charge is 2.32. The largest absolute Gasteiger partial charge is 0.478 e. The summed E-state index contributed by atoms with van der Waals surface area (Å²) in [5.74, 6) is 0.479. The van der Waals surface area contributed by atoms with Gasteiger partial charge in [0.15, 0.2) is 17.7 Å². The van der Waals surface area contributed by atoms with Crippen LogP contribution in [0.2, 0.25) is 0 Å². The van der Waals surface area contributed by atoms with Gasteiger partial charge in [0, 0.05) is 45.6 Å². The second-order valence-electron chi connectivity index (χ2n) is 7.76. The summed E-state index contributed by atoms with van der Waals surface area (Å²) >= 11 is 0. The summed E-state index contributed by atoms with van der Waals surface area (Å²) < 4.78 is 21.5. The number of rotatable bonds is 6. The van der Waals surface area contributed by atoms with Crippen LogP contribution in [-0.4, -0.2) is 57.5 Å². The zero-order valence-corrected chi connectivity index (χ0v) is 17.8. The van der Waals surface area contributed by atoms with E-state index in [4.69, 9.17) is 4.74 Å². The molecule has 0 spiro atoms. The van der Waals surface area contributed by atoms with Gasteiger partial charge in [-0.25, -0.2) is 9.37 Å². The monoisotopic (exact) mass is 422 g/mol. The summed E-state index contributed by atoms with van der Waals surface area (Å²) in [7, 11) is 2.00. The number of carbonyl (C=O) groups excluding carboxylic acids is 1. The second-order valence-corrected chi connectivity index (χ2v) is 7.76. The molecule has 1 saturated heterocycles.